The van der Waals surface area contributed by atoms with Crippen LogP contribution in [0, 0.1) is 29.6 Å². The van der Waals surface area contributed by atoms with Crippen molar-refractivity contribution in [2.24, 2.45) is 29.6 Å². The molecule has 3 aliphatic rings. The van der Waals surface area contributed by atoms with Gasteiger partial charge in [0.05, 0.1) is 0 Å². The molecule has 0 aliphatic heterocycles. The third kappa shape index (κ3) is 3.08. The molecule has 0 bridgehead atoms. The van der Waals surface area contributed by atoms with Crippen molar-refractivity contribution in [2.45, 2.75) is 84.1 Å². The van der Waals surface area contributed by atoms with Gasteiger partial charge in [-0.1, -0.05) is 46.0 Å². The zero-order chi connectivity index (χ0) is 13.9. The van der Waals surface area contributed by atoms with Crippen molar-refractivity contribution < 1.29 is 0 Å². The quantitative estimate of drug-likeness (QED) is 0.720. The van der Waals surface area contributed by atoms with Gasteiger partial charge in [0.2, 0.25) is 0 Å². The molecule has 0 aromatic heterocycles. The van der Waals surface area contributed by atoms with Crippen molar-refractivity contribution in [1.29, 1.82) is 0 Å². The van der Waals surface area contributed by atoms with Crippen LogP contribution in [0.25, 0.3) is 0 Å². The molecule has 0 spiro atoms. The maximum absolute atomic E-state index is 3.99. The van der Waals surface area contributed by atoms with Crippen molar-refractivity contribution in [2.75, 3.05) is 6.54 Å². The molecule has 0 aromatic carbocycles. The van der Waals surface area contributed by atoms with E-state index in [1.165, 1.54) is 57.9 Å². The van der Waals surface area contributed by atoms with Gasteiger partial charge >= 0.3 is 0 Å². The van der Waals surface area contributed by atoms with E-state index < -0.39 is 0 Å². The summed E-state index contributed by atoms with van der Waals surface area (Å²) in [6, 6.07) is 0.876. The van der Waals surface area contributed by atoms with Gasteiger partial charge in [-0.05, 0) is 68.2 Å². The summed E-state index contributed by atoms with van der Waals surface area (Å²) >= 11 is 0. The molecule has 1 nitrogen and oxygen atoms in total. The smallest absolute Gasteiger partial charge is 0.0129 e. The lowest BCUT2D eigenvalue weighted by atomic mass is 9.76. The summed E-state index contributed by atoms with van der Waals surface area (Å²) in [5.41, 5.74) is 0. The predicted molar refractivity (Wildman–Crippen MR) is 86.8 cm³/mol. The van der Waals surface area contributed by atoms with E-state index in [4.69, 9.17) is 0 Å². The zero-order valence-electron chi connectivity index (χ0n) is 13.7. The fraction of sp³-hybridized carbons (Fsp3) is 1.00. The van der Waals surface area contributed by atoms with Gasteiger partial charge in [-0.3, -0.25) is 0 Å². The van der Waals surface area contributed by atoms with E-state index in [-0.39, 0.29) is 0 Å². The monoisotopic (exact) mass is 277 g/mol. The van der Waals surface area contributed by atoms with E-state index in [0.29, 0.717) is 0 Å². The van der Waals surface area contributed by atoms with Crippen molar-refractivity contribution in [3.8, 4) is 0 Å². The lowest BCUT2D eigenvalue weighted by molar-refractivity contribution is 0.197. The van der Waals surface area contributed by atoms with Crippen LogP contribution in [0.2, 0.25) is 0 Å². The molecule has 0 heterocycles. The topological polar surface area (TPSA) is 12.0 Å². The molecule has 116 valence electrons. The van der Waals surface area contributed by atoms with E-state index in [1.54, 1.807) is 12.8 Å². The Balaban J connectivity index is 1.58. The molecule has 3 fully saturated rings. The highest BCUT2D eigenvalue weighted by molar-refractivity contribution is 5.06. The molecule has 1 N–H and O–H groups in total. The summed E-state index contributed by atoms with van der Waals surface area (Å²) in [4.78, 5) is 0. The average molecular weight is 277 g/mol. The first-order valence-electron chi connectivity index (χ1n) is 9.58. The third-order valence-electron chi connectivity index (χ3n) is 6.74. The summed E-state index contributed by atoms with van der Waals surface area (Å²) in [7, 11) is 0. The normalized spacial score (nSPS) is 42.0. The zero-order valence-corrected chi connectivity index (χ0v) is 13.7. The molecule has 3 atom stereocenters. The maximum atomic E-state index is 3.99. The van der Waals surface area contributed by atoms with E-state index >= 15 is 0 Å². The van der Waals surface area contributed by atoms with Crippen LogP contribution in [0.5, 0.6) is 0 Å². The Bertz CT molecular complexity index is 280. The Morgan fingerprint density at radius 1 is 0.900 bits per heavy atom. The van der Waals surface area contributed by atoms with Gasteiger partial charge in [-0.25, -0.2) is 0 Å². The van der Waals surface area contributed by atoms with Crippen molar-refractivity contribution in [1.82, 2.24) is 5.32 Å². The second kappa shape index (κ2) is 6.81. The van der Waals surface area contributed by atoms with Gasteiger partial charge in [0, 0.05) is 6.04 Å². The van der Waals surface area contributed by atoms with E-state index in [0.717, 1.165) is 35.6 Å². The van der Waals surface area contributed by atoms with Crippen LogP contribution in [0.15, 0.2) is 0 Å². The molecule has 3 aliphatic carbocycles. The van der Waals surface area contributed by atoms with Crippen LogP contribution in [-0.2, 0) is 0 Å². The van der Waals surface area contributed by atoms with Gasteiger partial charge in [0.25, 0.3) is 0 Å². The first kappa shape index (κ1) is 14.9. The molecule has 0 aromatic rings. The molecule has 0 radical (unpaired) electrons. The van der Waals surface area contributed by atoms with Crippen LogP contribution < -0.4 is 5.32 Å². The van der Waals surface area contributed by atoms with Gasteiger partial charge in [0.15, 0.2) is 0 Å². The number of rotatable bonds is 6. The Kier molecular flexibility index (Phi) is 5.07. The molecule has 20 heavy (non-hydrogen) atoms. The summed E-state index contributed by atoms with van der Waals surface area (Å²) in [5.74, 6) is 5.33. The number of nitrogens with one attached hydrogen (secondary N) is 1. The maximum Gasteiger partial charge on any atom is 0.0129 e. The van der Waals surface area contributed by atoms with E-state index in [2.05, 4.69) is 19.2 Å². The summed E-state index contributed by atoms with van der Waals surface area (Å²) in [6.45, 7) is 5.94. The van der Waals surface area contributed by atoms with Crippen molar-refractivity contribution in [3.63, 3.8) is 0 Å². The Morgan fingerprint density at radius 3 is 2.10 bits per heavy atom. The molecule has 3 rings (SSSR count). The number of fused-ring (bicyclic) bond motifs is 1. The third-order valence-corrected chi connectivity index (χ3v) is 6.74. The van der Waals surface area contributed by atoms with Gasteiger partial charge in [-0.2, -0.15) is 0 Å². The predicted octanol–water partition coefficient (Wildman–Crippen LogP) is 5.01. The Hall–Kier alpha value is -0.0400. The lowest BCUT2D eigenvalue weighted by Crippen LogP contribution is -2.41. The Morgan fingerprint density at radius 2 is 1.55 bits per heavy atom. The van der Waals surface area contributed by atoms with Crippen LogP contribution >= 0.6 is 0 Å². The highest BCUT2D eigenvalue weighted by Crippen LogP contribution is 2.58. The minimum atomic E-state index is 0.876. The molecule has 0 saturated heterocycles. The summed E-state index contributed by atoms with van der Waals surface area (Å²) in [5, 5.41) is 3.99. The van der Waals surface area contributed by atoms with E-state index in [1.807, 2.05) is 0 Å². The van der Waals surface area contributed by atoms with E-state index in [9.17, 15) is 0 Å². The molecular weight excluding hydrogens is 242 g/mol. The largest absolute Gasteiger partial charge is 0.313 e. The van der Waals surface area contributed by atoms with Crippen molar-refractivity contribution >= 4 is 0 Å². The number of hydrogen-bond acceptors (Lipinski definition) is 1. The second-order valence-electron chi connectivity index (χ2n) is 7.86. The summed E-state index contributed by atoms with van der Waals surface area (Å²) < 4.78 is 0. The molecule has 3 saturated carbocycles. The van der Waals surface area contributed by atoms with Crippen LogP contribution in [0.3, 0.4) is 0 Å². The van der Waals surface area contributed by atoms with Gasteiger partial charge in [-0.15, -0.1) is 0 Å². The second-order valence-corrected chi connectivity index (χ2v) is 7.86. The molecular formula is C19H35N. The number of hydrogen-bond donors (Lipinski definition) is 1. The fourth-order valence-corrected chi connectivity index (χ4v) is 5.46. The fourth-order valence-electron chi connectivity index (χ4n) is 5.46. The first-order valence-corrected chi connectivity index (χ1v) is 9.58. The SMILES string of the molecule is CCCNC(C1CCC(CC)CC1)C1C2CCCCC21. The van der Waals surface area contributed by atoms with Crippen LogP contribution in [0.4, 0.5) is 0 Å². The van der Waals surface area contributed by atoms with Crippen LogP contribution in [-0.4, -0.2) is 12.6 Å². The minimum Gasteiger partial charge on any atom is -0.313 e. The lowest BCUT2D eigenvalue weighted by Gasteiger charge is -2.35. The summed E-state index contributed by atoms with van der Waals surface area (Å²) in [6.07, 6.45) is 14.9. The standard InChI is InChI=1S/C19H35N/c1-3-13-20-19(15-11-9-14(4-2)10-12-15)18-16-7-5-6-8-17(16)18/h14-20H,3-13H2,1-2H3. The highest BCUT2D eigenvalue weighted by Gasteiger charge is 2.55. The van der Waals surface area contributed by atoms with Crippen molar-refractivity contribution in [3.05, 3.63) is 0 Å². The highest BCUT2D eigenvalue weighted by atomic mass is 14.9. The minimum absolute atomic E-state index is 0.876. The Labute approximate surface area is 126 Å². The van der Waals surface area contributed by atoms with Crippen LogP contribution in [0.1, 0.15) is 78.1 Å². The average Bonchev–Trinajstić information content (AvgIpc) is 3.23. The molecule has 3 unspecified atom stereocenters. The molecule has 0 amide bonds. The molecule has 1 heteroatoms. The van der Waals surface area contributed by atoms with Gasteiger partial charge < -0.3 is 5.32 Å². The first-order chi connectivity index (χ1) is 9.85. The van der Waals surface area contributed by atoms with Gasteiger partial charge in [0.1, 0.15) is 0 Å².